The van der Waals surface area contributed by atoms with Gasteiger partial charge in [-0.05, 0) is 34.2 Å². The van der Waals surface area contributed by atoms with E-state index in [1.165, 1.54) is 6.20 Å². The van der Waals surface area contributed by atoms with E-state index in [2.05, 4.69) is 50.0 Å². The molecule has 0 aliphatic carbocycles. The molecule has 1 saturated heterocycles. The van der Waals surface area contributed by atoms with Gasteiger partial charge in [-0.2, -0.15) is 0 Å². The fourth-order valence-electron chi connectivity index (χ4n) is 4.80. The van der Waals surface area contributed by atoms with Crippen LogP contribution in [0.1, 0.15) is 34.6 Å². The molecule has 3 aromatic rings. The topological polar surface area (TPSA) is 88.7 Å². The molecule has 35 heavy (non-hydrogen) atoms. The van der Waals surface area contributed by atoms with Gasteiger partial charge in [0, 0.05) is 0 Å². The van der Waals surface area contributed by atoms with E-state index in [0.717, 1.165) is 10.4 Å². The van der Waals surface area contributed by atoms with Crippen LogP contribution in [0.5, 0.6) is 0 Å². The highest BCUT2D eigenvalue weighted by molar-refractivity contribution is 6.99. The van der Waals surface area contributed by atoms with E-state index in [4.69, 9.17) is 13.9 Å². The van der Waals surface area contributed by atoms with Gasteiger partial charge in [0.2, 0.25) is 0 Å². The van der Waals surface area contributed by atoms with Gasteiger partial charge in [-0.1, -0.05) is 86.4 Å². The summed E-state index contributed by atoms with van der Waals surface area (Å²) in [5, 5.41) is 13.8. The number of ether oxygens (including phenoxy) is 2. The first-order valence-electron chi connectivity index (χ1n) is 11.7. The van der Waals surface area contributed by atoms with Crippen molar-refractivity contribution < 1.29 is 18.8 Å². The minimum absolute atomic E-state index is 0.160. The van der Waals surface area contributed by atoms with E-state index < -0.39 is 24.6 Å². The van der Waals surface area contributed by atoms with Gasteiger partial charge in [0.1, 0.15) is 12.4 Å². The Labute approximate surface area is 207 Å². The number of nitro groups is 1. The first-order valence-corrected chi connectivity index (χ1v) is 13.6. The second-order valence-corrected chi connectivity index (χ2v) is 14.8. The molecule has 0 saturated carbocycles. The summed E-state index contributed by atoms with van der Waals surface area (Å²) in [5.41, 5.74) is -0.957. The van der Waals surface area contributed by atoms with Crippen molar-refractivity contribution in [3.63, 3.8) is 0 Å². The van der Waals surface area contributed by atoms with Crippen LogP contribution in [0.4, 0.5) is 5.95 Å². The van der Waals surface area contributed by atoms with Crippen LogP contribution in [0, 0.1) is 10.1 Å². The largest absolute Gasteiger partial charge is 0.435 e. The number of hydrogen-bond acceptors (Lipinski definition) is 6. The van der Waals surface area contributed by atoms with E-state index >= 15 is 0 Å². The lowest BCUT2D eigenvalue weighted by molar-refractivity contribution is -0.400. The number of hydrogen-bond donors (Lipinski definition) is 0. The molecule has 9 heteroatoms. The summed E-state index contributed by atoms with van der Waals surface area (Å²) < 4.78 is 20.8. The smallest absolute Gasteiger partial charge is 0.403 e. The Hall–Kier alpha value is -2.85. The van der Waals surface area contributed by atoms with Crippen LogP contribution in [0.25, 0.3) is 0 Å². The fourth-order valence-corrected chi connectivity index (χ4v) is 9.44. The quantitative estimate of drug-likeness (QED) is 0.281. The van der Waals surface area contributed by atoms with Gasteiger partial charge in [-0.25, -0.2) is 4.57 Å². The molecule has 0 atom stereocenters. The van der Waals surface area contributed by atoms with Crippen molar-refractivity contribution >= 4 is 24.6 Å². The fraction of sp³-hybridized carbons (Fsp3) is 0.423. The van der Waals surface area contributed by atoms with Crippen molar-refractivity contribution in [3.05, 3.63) is 83.2 Å². The van der Waals surface area contributed by atoms with Gasteiger partial charge in [-0.15, -0.1) is 0 Å². The standard InChI is InChI=1S/C26H33N3O5Si/c1-24(2,3)35(21-12-8-6-9-13-21,22-14-10-7-11-15-22)34-20-26(18-32-25(4,5)33-19-26)28-17-16-27-23(28)29(30)31/h6-17H,18-20H2,1-5H3. The molecule has 1 aromatic heterocycles. The molecule has 2 heterocycles. The van der Waals surface area contributed by atoms with Crippen LogP contribution < -0.4 is 10.4 Å². The molecule has 0 N–H and O–H groups in total. The Morgan fingerprint density at radius 2 is 1.54 bits per heavy atom. The molecule has 8 nitrogen and oxygen atoms in total. The third-order valence-electron chi connectivity index (χ3n) is 6.65. The summed E-state index contributed by atoms with van der Waals surface area (Å²) in [4.78, 5) is 15.3. The summed E-state index contributed by atoms with van der Waals surface area (Å²) in [7, 11) is -2.89. The van der Waals surface area contributed by atoms with E-state index in [1.54, 1.807) is 10.8 Å². The number of imidazole rings is 1. The second kappa shape index (κ2) is 9.31. The minimum atomic E-state index is -2.89. The SMILES string of the molecule is CC1(C)OCC(CO[Si](c2ccccc2)(c2ccccc2)C(C)(C)C)(n2ccnc2[N+](=O)[O-])CO1. The number of benzene rings is 2. The maximum Gasteiger partial charge on any atom is 0.435 e. The molecule has 0 amide bonds. The average molecular weight is 496 g/mol. The lowest BCUT2D eigenvalue weighted by Crippen LogP contribution is -2.68. The molecular formula is C26H33N3O5Si. The Morgan fingerprint density at radius 3 is 2.00 bits per heavy atom. The Bertz CT molecular complexity index is 1110. The maximum atomic E-state index is 11.8. The van der Waals surface area contributed by atoms with Crippen LogP contribution in [0.15, 0.2) is 73.1 Å². The first-order chi connectivity index (χ1) is 16.5. The molecular weight excluding hydrogens is 462 g/mol. The van der Waals surface area contributed by atoms with Crippen molar-refractivity contribution in [1.29, 1.82) is 0 Å². The van der Waals surface area contributed by atoms with E-state index in [0.29, 0.717) is 0 Å². The monoisotopic (exact) mass is 495 g/mol. The summed E-state index contributed by atoms with van der Waals surface area (Å²) >= 11 is 0. The number of aromatic nitrogens is 2. The Balaban J connectivity index is 1.84. The number of nitrogens with zero attached hydrogens (tertiary/aromatic N) is 3. The third kappa shape index (κ3) is 4.69. The molecule has 1 aliphatic heterocycles. The predicted molar refractivity (Wildman–Crippen MR) is 136 cm³/mol. The van der Waals surface area contributed by atoms with Gasteiger partial charge >= 0.3 is 5.95 Å². The molecule has 1 aliphatic rings. The summed E-state index contributed by atoms with van der Waals surface area (Å²) in [5.74, 6) is -1.06. The minimum Gasteiger partial charge on any atom is -0.403 e. The zero-order chi connectivity index (χ0) is 25.3. The summed E-state index contributed by atoms with van der Waals surface area (Å²) in [6.45, 7) is 10.8. The van der Waals surface area contributed by atoms with E-state index in [1.807, 2.05) is 50.2 Å². The van der Waals surface area contributed by atoms with Crippen LogP contribution in [-0.2, 0) is 19.4 Å². The van der Waals surface area contributed by atoms with Crippen LogP contribution in [-0.4, -0.2) is 48.4 Å². The zero-order valence-corrected chi connectivity index (χ0v) is 21.9. The highest BCUT2D eigenvalue weighted by Gasteiger charge is 2.54. The van der Waals surface area contributed by atoms with Gasteiger partial charge in [0.15, 0.2) is 11.3 Å². The van der Waals surface area contributed by atoms with Crippen LogP contribution in [0.2, 0.25) is 5.04 Å². The highest BCUT2D eigenvalue weighted by Crippen LogP contribution is 2.39. The van der Waals surface area contributed by atoms with E-state index in [-0.39, 0.29) is 30.8 Å². The molecule has 0 unspecified atom stereocenters. The maximum absolute atomic E-state index is 11.8. The molecule has 1 fully saturated rings. The van der Waals surface area contributed by atoms with Crippen LogP contribution >= 0.6 is 0 Å². The first kappa shape index (κ1) is 25.2. The predicted octanol–water partition coefficient (Wildman–Crippen LogP) is 3.85. The zero-order valence-electron chi connectivity index (χ0n) is 20.9. The number of rotatable bonds is 7. The third-order valence-corrected chi connectivity index (χ3v) is 11.6. The van der Waals surface area contributed by atoms with E-state index in [9.17, 15) is 10.1 Å². The Morgan fingerprint density at radius 1 is 1.03 bits per heavy atom. The lowest BCUT2D eigenvalue weighted by Gasteiger charge is -2.47. The molecule has 0 radical (unpaired) electrons. The van der Waals surface area contributed by atoms with Crippen molar-refractivity contribution in [2.24, 2.45) is 0 Å². The lowest BCUT2D eigenvalue weighted by atomic mass is 10.0. The molecule has 0 spiro atoms. The Kier molecular flexibility index (Phi) is 6.71. The molecule has 186 valence electrons. The summed E-state index contributed by atoms with van der Waals surface area (Å²) in [6, 6.07) is 20.6. The normalized spacial score (nSPS) is 17.7. The van der Waals surface area contributed by atoms with Gasteiger partial charge < -0.3 is 24.0 Å². The van der Waals surface area contributed by atoms with Crippen LogP contribution in [0.3, 0.4) is 0 Å². The summed E-state index contributed by atoms with van der Waals surface area (Å²) in [6.07, 6.45) is 3.04. The van der Waals surface area contributed by atoms with Crippen molar-refractivity contribution in [2.45, 2.75) is 51.0 Å². The van der Waals surface area contributed by atoms with Crippen molar-refractivity contribution in [1.82, 2.24) is 9.55 Å². The molecule has 2 aromatic carbocycles. The van der Waals surface area contributed by atoms with Crippen molar-refractivity contribution in [3.8, 4) is 0 Å². The van der Waals surface area contributed by atoms with Crippen molar-refractivity contribution in [2.75, 3.05) is 19.8 Å². The van der Waals surface area contributed by atoms with Gasteiger partial charge in [0.05, 0.1) is 19.8 Å². The highest BCUT2D eigenvalue weighted by atomic mass is 28.4. The van der Waals surface area contributed by atoms with Gasteiger partial charge in [0.25, 0.3) is 8.32 Å². The molecule has 0 bridgehead atoms. The second-order valence-electron chi connectivity index (χ2n) is 10.5. The average Bonchev–Trinajstić information content (AvgIpc) is 3.32. The molecule has 4 rings (SSSR count). The van der Waals surface area contributed by atoms with Gasteiger partial charge in [-0.3, -0.25) is 0 Å².